The molecule has 5 N–H and O–H groups in total. The number of carboxylic acid groups (broad SMARTS) is 1. The number of ether oxygens (including phenoxy) is 1. The van der Waals surface area contributed by atoms with Crippen LogP contribution in [0, 0.1) is 5.82 Å². The quantitative estimate of drug-likeness (QED) is 0.611. The number of hydrogen-bond acceptors (Lipinski definition) is 6. The summed E-state index contributed by atoms with van der Waals surface area (Å²) in [6.45, 7) is 0.985. The zero-order valence-corrected chi connectivity index (χ0v) is 17.3. The zero-order chi connectivity index (χ0) is 19.5. The number of benzene rings is 1. The lowest BCUT2D eigenvalue weighted by Crippen LogP contribution is -2.28. The van der Waals surface area contributed by atoms with Crippen LogP contribution in [0.25, 0.3) is 10.9 Å². The maximum absolute atomic E-state index is 15.2. The first-order valence-electron chi connectivity index (χ1n) is 8.82. The average molecular weight is 449 g/mol. The van der Waals surface area contributed by atoms with E-state index in [9.17, 15) is 14.7 Å². The summed E-state index contributed by atoms with van der Waals surface area (Å²) in [5.74, 6) is -1.97. The average Bonchev–Trinajstić information content (AvgIpc) is 3.38. The number of nitrogen functional groups attached to an aromatic ring is 1. The molecule has 2 fully saturated rings. The minimum atomic E-state index is -1.37. The van der Waals surface area contributed by atoms with Gasteiger partial charge in [-0.15, -0.1) is 24.8 Å². The minimum absolute atomic E-state index is 0. The van der Waals surface area contributed by atoms with Gasteiger partial charge in [0.05, 0.1) is 23.7 Å². The maximum Gasteiger partial charge on any atom is 0.341 e. The third-order valence-corrected chi connectivity index (χ3v) is 5.29. The number of rotatable bonds is 4. The number of nitrogens with zero attached hydrogens (tertiary/aromatic N) is 2. The first kappa shape index (κ1) is 23.1. The molecular formula is C18H23Cl2FN4O4. The SMILES string of the molecule is COc1c(N2CCC(N)C2)c(F)c(N)c2c(=O)c(C(=O)O)cn(C3CC3)c12.Cl.Cl. The van der Waals surface area contributed by atoms with E-state index in [1.54, 1.807) is 9.47 Å². The Morgan fingerprint density at radius 3 is 2.45 bits per heavy atom. The fourth-order valence-corrected chi connectivity index (χ4v) is 3.82. The van der Waals surface area contributed by atoms with Crippen molar-refractivity contribution in [1.82, 2.24) is 4.57 Å². The molecule has 2 heterocycles. The first-order chi connectivity index (χ1) is 12.8. The fraction of sp³-hybridized carbons (Fsp3) is 0.444. The van der Waals surface area contributed by atoms with Crippen LogP contribution in [0.3, 0.4) is 0 Å². The number of carbonyl (C=O) groups is 1. The largest absolute Gasteiger partial charge is 0.492 e. The van der Waals surface area contributed by atoms with E-state index in [2.05, 4.69) is 0 Å². The van der Waals surface area contributed by atoms with Gasteiger partial charge in [0.15, 0.2) is 11.6 Å². The molecule has 4 rings (SSSR count). The van der Waals surface area contributed by atoms with Crippen molar-refractivity contribution in [2.24, 2.45) is 5.73 Å². The topological polar surface area (TPSA) is 124 Å². The van der Waals surface area contributed by atoms with Crippen LogP contribution in [-0.2, 0) is 0 Å². The van der Waals surface area contributed by atoms with Crippen molar-refractivity contribution in [2.75, 3.05) is 30.8 Å². The minimum Gasteiger partial charge on any atom is -0.492 e. The highest BCUT2D eigenvalue weighted by Crippen LogP contribution is 2.46. The predicted octanol–water partition coefficient (Wildman–Crippen LogP) is 2.15. The van der Waals surface area contributed by atoms with Gasteiger partial charge >= 0.3 is 5.97 Å². The Bertz CT molecular complexity index is 1030. The number of anilines is 2. The van der Waals surface area contributed by atoms with Crippen molar-refractivity contribution in [3.05, 3.63) is 27.8 Å². The second kappa shape index (κ2) is 8.25. The van der Waals surface area contributed by atoms with Crippen LogP contribution in [0.2, 0.25) is 0 Å². The van der Waals surface area contributed by atoms with E-state index in [-0.39, 0.29) is 59.4 Å². The summed E-state index contributed by atoms with van der Waals surface area (Å²) < 4.78 is 22.5. The Labute approximate surface area is 178 Å². The molecule has 0 amide bonds. The van der Waals surface area contributed by atoms with Gasteiger partial charge in [0.2, 0.25) is 5.43 Å². The van der Waals surface area contributed by atoms with Crippen molar-refractivity contribution in [3.8, 4) is 5.75 Å². The monoisotopic (exact) mass is 448 g/mol. The molecule has 1 aromatic heterocycles. The maximum atomic E-state index is 15.2. The zero-order valence-electron chi connectivity index (χ0n) is 15.7. The van der Waals surface area contributed by atoms with Crippen LogP contribution in [0.15, 0.2) is 11.0 Å². The van der Waals surface area contributed by atoms with E-state index in [1.165, 1.54) is 13.3 Å². The predicted molar refractivity (Wildman–Crippen MR) is 114 cm³/mol. The molecule has 1 aliphatic carbocycles. The Balaban J connectivity index is 0.00000150. The fourth-order valence-electron chi connectivity index (χ4n) is 3.82. The lowest BCUT2D eigenvalue weighted by Gasteiger charge is -2.25. The molecule has 0 spiro atoms. The molecule has 0 bridgehead atoms. The summed E-state index contributed by atoms with van der Waals surface area (Å²) in [6.07, 6.45) is 3.68. The van der Waals surface area contributed by atoms with Gasteiger partial charge < -0.3 is 30.8 Å². The van der Waals surface area contributed by atoms with Crippen molar-refractivity contribution in [1.29, 1.82) is 0 Å². The molecule has 1 saturated heterocycles. The lowest BCUT2D eigenvalue weighted by molar-refractivity contribution is 0.0695. The molecule has 1 saturated carbocycles. The summed E-state index contributed by atoms with van der Waals surface area (Å²) >= 11 is 0. The van der Waals surface area contributed by atoms with E-state index in [4.69, 9.17) is 16.2 Å². The normalized spacial score (nSPS) is 18.3. The Kier molecular flexibility index (Phi) is 6.56. The molecule has 2 aromatic rings. The van der Waals surface area contributed by atoms with Gasteiger partial charge in [-0.3, -0.25) is 4.79 Å². The number of carboxylic acids is 1. The van der Waals surface area contributed by atoms with E-state index in [0.717, 1.165) is 12.8 Å². The van der Waals surface area contributed by atoms with Gasteiger partial charge in [-0.1, -0.05) is 0 Å². The van der Waals surface area contributed by atoms with E-state index >= 15 is 4.39 Å². The molecule has 1 unspecified atom stereocenters. The van der Waals surface area contributed by atoms with Gasteiger partial charge in [-0.2, -0.15) is 0 Å². The Morgan fingerprint density at radius 2 is 1.97 bits per heavy atom. The van der Waals surface area contributed by atoms with Gasteiger partial charge in [0.25, 0.3) is 0 Å². The highest BCUT2D eigenvalue weighted by atomic mass is 35.5. The standard InChI is InChI=1S/C18H21FN4O4.2ClH/c1-27-17-14-11(13(21)12(19)15(17)22-5-4-8(20)6-22)16(24)10(18(25)26)7-23(14)9-2-3-9;;/h7-9H,2-6,20-21H2,1H3,(H,25,26);2*1H. The number of fused-ring (bicyclic) bond motifs is 1. The van der Waals surface area contributed by atoms with Crippen LogP contribution in [0.5, 0.6) is 5.75 Å². The van der Waals surface area contributed by atoms with Crippen molar-refractivity contribution in [3.63, 3.8) is 0 Å². The lowest BCUT2D eigenvalue weighted by atomic mass is 10.1. The van der Waals surface area contributed by atoms with E-state index in [0.29, 0.717) is 25.0 Å². The molecule has 1 aliphatic heterocycles. The molecule has 160 valence electrons. The molecule has 1 atom stereocenters. The van der Waals surface area contributed by atoms with Gasteiger partial charge in [-0.25, -0.2) is 9.18 Å². The molecule has 8 nitrogen and oxygen atoms in total. The van der Waals surface area contributed by atoms with Gasteiger partial charge in [0, 0.05) is 31.4 Å². The van der Waals surface area contributed by atoms with Crippen LogP contribution in [0.1, 0.15) is 35.7 Å². The van der Waals surface area contributed by atoms with E-state index in [1.807, 2.05) is 0 Å². The van der Waals surface area contributed by atoms with Crippen LogP contribution >= 0.6 is 24.8 Å². The number of aromatic nitrogens is 1. The summed E-state index contributed by atoms with van der Waals surface area (Å²) in [4.78, 5) is 26.0. The summed E-state index contributed by atoms with van der Waals surface area (Å²) in [5, 5.41) is 9.24. The van der Waals surface area contributed by atoms with Gasteiger partial charge in [0.1, 0.15) is 11.3 Å². The molecule has 0 radical (unpaired) electrons. The molecule has 1 aromatic carbocycles. The summed E-state index contributed by atoms with van der Waals surface area (Å²) in [5.41, 5.74) is 10.9. The number of methoxy groups -OCH3 is 1. The Hall–Kier alpha value is -2.23. The van der Waals surface area contributed by atoms with Crippen molar-refractivity contribution in [2.45, 2.75) is 31.3 Å². The number of nitrogens with two attached hydrogens (primary N) is 2. The molecule has 2 aliphatic rings. The number of hydrogen-bond donors (Lipinski definition) is 3. The van der Waals surface area contributed by atoms with Crippen LogP contribution in [0.4, 0.5) is 15.8 Å². The molecule has 11 heteroatoms. The second-order valence-electron chi connectivity index (χ2n) is 7.14. The number of pyridine rings is 1. The summed E-state index contributed by atoms with van der Waals surface area (Å²) in [6, 6.07) is -0.0651. The first-order valence-corrected chi connectivity index (χ1v) is 8.82. The van der Waals surface area contributed by atoms with Crippen LogP contribution in [-0.4, -0.2) is 41.9 Å². The van der Waals surface area contributed by atoms with Crippen molar-refractivity contribution >= 4 is 53.1 Å². The highest BCUT2D eigenvalue weighted by Gasteiger charge is 2.34. The highest BCUT2D eigenvalue weighted by molar-refractivity contribution is 6.03. The third-order valence-electron chi connectivity index (χ3n) is 5.29. The van der Waals surface area contributed by atoms with Gasteiger partial charge in [-0.05, 0) is 19.3 Å². The third kappa shape index (κ3) is 3.58. The molecular weight excluding hydrogens is 426 g/mol. The van der Waals surface area contributed by atoms with Crippen LogP contribution < -0.4 is 26.5 Å². The summed E-state index contributed by atoms with van der Waals surface area (Å²) in [7, 11) is 1.40. The second-order valence-corrected chi connectivity index (χ2v) is 7.14. The van der Waals surface area contributed by atoms with E-state index < -0.39 is 22.8 Å². The number of halogens is 3. The number of aromatic carboxylic acids is 1. The van der Waals surface area contributed by atoms with Crippen molar-refractivity contribution < 1.29 is 19.0 Å². The molecule has 29 heavy (non-hydrogen) atoms. The Morgan fingerprint density at radius 1 is 1.31 bits per heavy atom. The smallest absolute Gasteiger partial charge is 0.341 e.